The summed E-state index contributed by atoms with van der Waals surface area (Å²) in [7, 11) is 0. The van der Waals surface area contributed by atoms with Crippen molar-refractivity contribution >= 4 is 23.2 Å². The third-order valence-electron chi connectivity index (χ3n) is 4.62. The Bertz CT molecular complexity index is 951. The van der Waals surface area contributed by atoms with Crippen molar-refractivity contribution in [3.8, 4) is 5.75 Å². The molecule has 9 nitrogen and oxygen atoms in total. The summed E-state index contributed by atoms with van der Waals surface area (Å²) in [6.45, 7) is 0.0919. The molecule has 1 saturated heterocycles. The molecule has 6 N–H and O–H groups in total. The second-order valence-electron chi connectivity index (χ2n) is 6.90. The van der Waals surface area contributed by atoms with E-state index in [-0.39, 0.29) is 18.8 Å². The molecule has 0 aliphatic carbocycles. The molecule has 0 unspecified atom stereocenters. The summed E-state index contributed by atoms with van der Waals surface area (Å²) in [6, 6.07) is 10.9. The number of rotatable bonds is 6. The van der Waals surface area contributed by atoms with Crippen LogP contribution in [0.5, 0.6) is 5.75 Å². The molecule has 1 aliphatic heterocycles. The number of aliphatic hydroxyl groups excluding tert-OH is 1. The summed E-state index contributed by atoms with van der Waals surface area (Å²) in [4.78, 5) is 26.4. The van der Waals surface area contributed by atoms with Crippen molar-refractivity contribution in [3.63, 3.8) is 0 Å². The van der Waals surface area contributed by atoms with Crippen molar-refractivity contribution in [2.75, 3.05) is 23.4 Å². The summed E-state index contributed by atoms with van der Waals surface area (Å²) in [5, 5.41) is 12.8. The number of nitrogens with one attached hydrogen (secondary N) is 1. The van der Waals surface area contributed by atoms with E-state index in [2.05, 4.69) is 10.1 Å². The van der Waals surface area contributed by atoms with Crippen LogP contribution < -0.4 is 26.4 Å². The molecule has 0 spiro atoms. The molecule has 0 saturated carbocycles. The molecular weight excluding hydrogens is 433 g/mol. The minimum atomic E-state index is -4.84. The predicted octanol–water partition coefficient (Wildman–Crippen LogP) is 1.23. The average Bonchev–Trinajstić information content (AvgIpc) is 2.73. The summed E-state index contributed by atoms with van der Waals surface area (Å²) in [5.41, 5.74) is 12.4. The number of morpholine rings is 1. The number of anilines is 2. The van der Waals surface area contributed by atoms with Gasteiger partial charge in [0.2, 0.25) is 0 Å². The van der Waals surface area contributed by atoms with E-state index < -0.39 is 42.3 Å². The lowest BCUT2D eigenvalue weighted by molar-refractivity contribution is -0.274. The van der Waals surface area contributed by atoms with Crippen molar-refractivity contribution < 1.29 is 37.3 Å². The van der Waals surface area contributed by atoms with Crippen LogP contribution in [0.1, 0.15) is 11.7 Å². The Labute approximate surface area is 180 Å². The van der Waals surface area contributed by atoms with Crippen LogP contribution in [0.15, 0.2) is 48.5 Å². The van der Waals surface area contributed by atoms with E-state index in [0.29, 0.717) is 11.3 Å². The van der Waals surface area contributed by atoms with Crippen LogP contribution in [0, 0.1) is 0 Å². The number of alkyl halides is 3. The highest BCUT2D eigenvalue weighted by atomic mass is 19.4. The first-order valence-electron chi connectivity index (χ1n) is 9.44. The fourth-order valence-corrected chi connectivity index (χ4v) is 3.06. The molecular formula is C20H21F3N4O5. The minimum Gasteiger partial charge on any atom is -0.406 e. The van der Waals surface area contributed by atoms with Gasteiger partial charge in [0.25, 0.3) is 11.8 Å². The highest BCUT2D eigenvalue weighted by Gasteiger charge is 2.39. The SMILES string of the molecule is NC(N)c1ccc(NC(=O)[C@H](O)[C@H]2OCCN(c3ccc(OC(F)(F)F)cc3)C2=O)cc1. The quantitative estimate of drug-likeness (QED) is 0.482. The van der Waals surface area contributed by atoms with Crippen LogP contribution in [0.4, 0.5) is 24.5 Å². The van der Waals surface area contributed by atoms with E-state index in [1.165, 1.54) is 29.2 Å². The van der Waals surface area contributed by atoms with Gasteiger partial charge in [0.1, 0.15) is 5.75 Å². The largest absolute Gasteiger partial charge is 0.573 e. The number of benzene rings is 2. The highest BCUT2D eigenvalue weighted by Crippen LogP contribution is 2.27. The van der Waals surface area contributed by atoms with Crippen LogP contribution in [-0.2, 0) is 14.3 Å². The number of hydrogen-bond donors (Lipinski definition) is 4. The predicted molar refractivity (Wildman–Crippen MR) is 107 cm³/mol. The molecule has 0 aromatic heterocycles. The van der Waals surface area contributed by atoms with Crippen LogP contribution in [0.25, 0.3) is 0 Å². The molecule has 0 radical (unpaired) electrons. The van der Waals surface area contributed by atoms with Crippen molar-refractivity contribution in [2.45, 2.75) is 24.7 Å². The van der Waals surface area contributed by atoms with Gasteiger partial charge in [-0.05, 0) is 42.0 Å². The Morgan fingerprint density at radius 2 is 1.78 bits per heavy atom. The van der Waals surface area contributed by atoms with Crippen molar-refractivity contribution in [2.24, 2.45) is 11.5 Å². The molecule has 2 atom stereocenters. The van der Waals surface area contributed by atoms with Gasteiger partial charge < -0.3 is 36.3 Å². The molecule has 1 heterocycles. The third kappa shape index (κ3) is 5.73. The molecule has 2 amide bonds. The van der Waals surface area contributed by atoms with Gasteiger partial charge in [0.05, 0.1) is 12.8 Å². The van der Waals surface area contributed by atoms with E-state index in [9.17, 15) is 27.9 Å². The van der Waals surface area contributed by atoms with E-state index in [4.69, 9.17) is 16.2 Å². The van der Waals surface area contributed by atoms with E-state index >= 15 is 0 Å². The van der Waals surface area contributed by atoms with E-state index in [1.54, 1.807) is 12.1 Å². The molecule has 32 heavy (non-hydrogen) atoms. The first-order valence-corrected chi connectivity index (χ1v) is 9.44. The maximum absolute atomic E-state index is 12.8. The van der Waals surface area contributed by atoms with Crippen LogP contribution in [-0.4, -0.2) is 48.6 Å². The number of nitrogens with zero attached hydrogens (tertiary/aromatic N) is 1. The van der Waals surface area contributed by atoms with Gasteiger partial charge in [-0.1, -0.05) is 12.1 Å². The Morgan fingerprint density at radius 3 is 2.34 bits per heavy atom. The third-order valence-corrected chi connectivity index (χ3v) is 4.62. The topological polar surface area (TPSA) is 140 Å². The zero-order valence-electron chi connectivity index (χ0n) is 16.6. The summed E-state index contributed by atoms with van der Waals surface area (Å²) in [6.07, 6.45) is -8.84. The fraction of sp³-hybridized carbons (Fsp3) is 0.300. The standard InChI is InChI=1S/C20H21F3N4O5/c21-20(22,23)32-14-7-5-13(6-8-14)27-9-10-31-16(19(27)30)15(28)18(29)26-12-3-1-11(2-4-12)17(24)25/h1-8,15-17,28H,9-10,24-25H2,(H,26,29)/t15-,16-/m1/s1. The molecule has 2 aromatic carbocycles. The van der Waals surface area contributed by atoms with Crippen molar-refractivity contribution in [1.29, 1.82) is 0 Å². The lowest BCUT2D eigenvalue weighted by Crippen LogP contribution is -2.55. The highest BCUT2D eigenvalue weighted by molar-refractivity contribution is 6.03. The molecule has 2 aromatic rings. The number of nitrogens with two attached hydrogens (primary N) is 2. The van der Waals surface area contributed by atoms with Crippen LogP contribution in [0.2, 0.25) is 0 Å². The number of carbonyl (C=O) groups excluding carboxylic acids is 2. The normalized spacial score (nSPS) is 17.9. The minimum absolute atomic E-state index is 0.00460. The van der Waals surface area contributed by atoms with Gasteiger partial charge in [-0.3, -0.25) is 9.59 Å². The number of amides is 2. The van der Waals surface area contributed by atoms with Gasteiger partial charge in [-0.15, -0.1) is 13.2 Å². The molecule has 3 rings (SSSR count). The van der Waals surface area contributed by atoms with Gasteiger partial charge in [0, 0.05) is 17.9 Å². The van der Waals surface area contributed by atoms with Gasteiger partial charge in [-0.2, -0.15) is 0 Å². The van der Waals surface area contributed by atoms with Crippen molar-refractivity contribution in [3.05, 3.63) is 54.1 Å². The maximum atomic E-state index is 12.8. The summed E-state index contributed by atoms with van der Waals surface area (Å²) in [5.74, 6) is -2.03. The van der Waals surface area contributed by atoms with Crippen LogP contribution in [0.3, 0.4) is 0 Å². The van der Waals surface area contributed by atoms with E-state index in [0.717, 1.165) is 12.1 Å². The lowest BCUT2D eigenvalue weighted by Gasteiger charge is -2.34. The van der Waals surface area contributed by atoms with Crippen LogP contribution >= 0.6 is 0 Å². The molecule has 1 aliphatic rings. The second-order valence-corrected chi connectivity index (χ2v) is 6.90. The Hall–Kier alpha value is -3.19. The number of hydrogen-bond acceptors (Lipinski definition) is 7. The fourth-order valence-electron chi connectivity index (χ4n) is 3.06. The number of carbonyl (C=O) groups is 2. The Morgan fingerprint density at radius 1 is 1.16 bits per heavy atom. The number of aliphatic hydroxyl groups is 1. The average molecular weight is 454 g/mol. The zero-order valence-corrected chi connectivity index (χ0v) is 16.6. The summed E-state index contributed by atoms with van der Waals surface area (Å²) >= 11 is 0. The van der Waals surface area contributed by atoms with Gasteiger partial charge in [0.15, 0.2) is 12.2 Å². The summed E-state index contributed by atoms with van der Waals surface area (Å²) < 4.78 is 46.0. The zero-order chi connectivity index (χ0) is 23.5. The maximum Gasteiger partial charge on any atom is 0.573 e. The molecule has 1 fully saturated rings. The second kappa shape index (κ2) is 9.53. The molecule has 12 heteroatoms. The molecule has 172 valence electrons. The van der Waals surface area contributed by atoms with E-state index in [1.807, 2.05) is 0 Å². The molecule has 0 bridgehead atoms. The number of ether oxygens (including phenoxy) is 2. The first-order chi connectivity index (χ1) is 15.0. The first kappa shape index (κ1) is 23.5. The lowest BCUT2D eigenvalue weighted by atomic mass is 10.1. The number of halogens is 3. The van der Waals surface area contributed by atoms with Gasteiger partial charge in [-0.25, -0.2) is 0 Å². The van der Waals surface area contributed by atoms with Crippen molar-refractivity contribution in [1.82, 2.24) is 0 Å². The monoisotopic (exact) mass is 454 g/mol. The van der Waals surface area contributed by atoms with Gasteiger partial charge >= 0.3 is 6.36 Å². The Kier molecular flexibility index (Phi) is 6.99. The smallest absolute Gasteiger partial charge is 0.406 e. The Balaban J connectivity index is 1.66.